The van der Waals surface area contributed by atoms with E-state index in [4.69, 9.17) is 0 Å². The molecule has 0 radical (unpaired) electrons. The van der Waals surface area contributed by atoms with Crippen LogP contribution in [0.2, 0.25) is 0 Å². The van der Waals surface area contributed by atoms with Crippen molar-refractivity contribution >= 4 is 0 Å². The lowest BCUT2D eigenvalue weighted by Crippen LogP contribution is -2.57. The normalized spacial score (nSPS) is 50.1. The van der Waals surface area contributed by atoms with Crippen LogP contribution in [0.3, 0.4) is 0 Å². The van der Waals surface area contributed by atoms with Crippen molar-refractivity contribution in [1.82, 2.24) is 10.2 Å². The minimum Gasteiger partial charge on any atom is -0.315 e. The third-order valence-electron chi connectivity index (χ3n) is 7.19. The molecule has 2 heteroatoms. The summed E-state index contributed by atoms with van der Waals surface area (Å²) in [5, 5.41) is 3.54. The van der Waals surface area contributed by atoms with E-state index in [9.17, 15) is 0 Å². The van der Waals surface area contributed by atoms with Gasteiger partial charge >= 0.3 is 0 Å². The van der Waals surface area contributed by atoms with E-state index >= 15 is 0 Å². The third-order valence-corrected chi connectivity index (χ3v) is 7.19. The van der Waals surface area contributed by atoms with Crippen LogP contribution in [-0.4, -0.2) is 37.1 Å². The quantitative estimate of drug-likeness (QED) is 0.841. The molecule has 2 atom stereocenters. The summed E-state index contributed by atoms with van der Waals surface area (Å²) in [4.78, 5) is 2.74. The molecule has 0 aromatic carbocycles. The van der Waals surface area contributed by atoms with Crippen LogP contribution in [0.25, 0.3) is 0 Å². The Morgan fingerprint density at radius 3 is 2.11 bits per heavy atom. The first kappa shape index (κ1) is 12.6. The van der Waals surface area contributed by atoms with Gasteiger partial charge in [-0.1, -0.05) is 0 Å². The number of rotatable bonds is 3. The monoisotopic (exact) mass is 262 g/mol. The van der Waals surface area contributed by atoms with Gasteiger partial charge in [-0.3, -0.25) is 4.90 Å². The molecule has 4 bridgehead atoms. The topological polar surface area (TPSA) is 15.3 Å². The molecular weight excluding hydrogens is 232 g/mol. The Kier molecular flexibility index (Phi) is 2.97. The van der Waals surface area contributed by atoms with E-state index < -0.39 is 0 Å². The van der Waals surface area contributed by atoms with Gasteiger partial charge in [0, 0.05) is 18.6 Å². The predicted molar refractivity (Wildman–Crippen MR) is 79.1 cm³/mol. The Balaban J connectivity index is 1.53. The van der Waals surface area contributed by atoms with Crippen LogP contribution in [0.5, 0.6) is 0 Å². The standard InChI is InChI=1S/C17H30N2/c1-12(19(2)16-3-4-18-11-16)17-8-13-5-14(9-17)7-15(6-13)10-17/h12-16,18H,3-11H2,1-2H3. The van der Waals surface area contributed by atoms with Crippen molar-refractivity contribution in [2.24, 2.45) is 23.2 Å². The molecule has 108 valence electrons. The molecule has 0 aromatic rings. The van der Waals surface area contributed by atoms with Crippen molar-refractivity contribution in [3.63, 3.8) is 0 Å². The number of hydrogen-bond donors (Lipinski definition) is 1. The molecule has 4 aliphatic carbocycles. The highest BCUT2D eigenvalue weighted by atomic mass is 15.2. The van der Waals surface area contributed by atoms with E-state index in [2.05, 4.69) is 24.2 Å². The van der Waals surface area contributed by atoms with Gasteiger partial charge in [-0.15, -0.1) is 0 Å². The molecule has 0 aromatic heterocycles. The first-order valence-electron chi connectivity index (χ1n) is 8.59. The lowest BCUT2D eigenvalue weighted by atomic mass is 9.47. The number of likely N-dealkylation sites (N-methyl/N-ethyl adjacent to an activating group) is 1. The summed E-state index contributed by atoms with van der Waals surface area (Å²) in [6.45, 7) is 4.99. The summed E-state index contributed by atoms with van der Waals surface area (Å²) in [7, 11) is 2.40. The second kappa shape index (κ2) is 4.46. The summed E-state index contributed by atoms with van der Waals surface area (Å²) in [6, 6.07) is 1.59. The van der Waals surface area contributed by atoms with Crippen molar-refractivity contribution in [3.8, 4) is 0 Å². The van der Waals surface area contributed by atoms with Gasteiger partial charge in [0.2, 0.25) is 0 Å². The van der Waals surface area contributed by atoms with Gasteiger partial charge < -0.3 is 5.32 Å². The smallest absolute Gasteiger partial charge is 0.0232 e. The van der Waals surface area contributed by atoms with Crippen LogP contribution < -0.4 is 5.32 Å². The Morgan fingerprint density at radius 1 is 1.05 bits per heavy atom. The fraction of sp³-hybridized carbons (Fsp3) is 1.00. The minimum atomic E-state index is 0.687. The highest BCUT2D eigenvalue weighted by Gasteiger charge is 2.54. The van der Waals surface area contributed by atoms with E-state index in [1.165, 1.54) is 19.5 Å². The highest BCUT2D eigenvalue weighted by molar-refractivity contribution is 5.06. The van der Waals surface area contributed by atoms with Crippen LogP contribution in [-0.2, 0) is 0 Å². The van der Waals surface area contributed by atoms with Gasteiger partial charge in [0.25, 0.3) is 0 Å². The maximum absolute atomic E-state index is 3.54. The molecule has 5 aliphatic rings. The Bertz CT molecular complexity index is 310. The summed E-state index contributed by atoms with van der Waals surface area (Å²) >= 11 is 0. The van der Waals surface area contributed by atoms with Crippen molar-refractivity contribution in [1.29, 1.82) is 0 Å². The molecule has 1 saturated heterocycles. The number of nitrogens with one attached hydrogen (secondary N) is 1. The van der Waals surface area contributed by atoms with Crippen molar-refractivity contribution in [3.05, 3.63) is 0 Å². The Hall–Kier alpha value is -0.0800. The molecule has 1 heterocycles. The molecule has 5 rings (SSSR count). The summed E-state index contributed by atoms with van der Waals surface area (Å²) in [6.07, 6.45) is 10.7. The molecule has 2 nitrogen and oxygen atoms in total. The summed E-state index contributed by atoms with van der Waals surface area (Å²) in [5.74, 6) is 3.26. The van der Waals surface area contributed by atoms with E-state index in [0.29, 0.717) is 5.41 Å². The molecule has 4 saturated carbocycles. The highest BCUT2D eigenvalue weighted by Crippen LogP contribution is 2.61. The maximum Gasteiger partial charge on any atom is 0.0232 e. The third kappa shape index (κ3) is 1.98. The van der Waals surface area contributed by atoms with E-state index in [0.717, 1.165) is 29.8 Å². The second-order valence-corrected chi connectivity index (χ2v) is 8.27. The minimum absolute atomic E-state index is 0.687. The molecule has 1 N–H and O–H groups in total. The van der Waals surface area contributed by atoms with Crippen molar-refractivity contribution in [2.45, 2.75) is 64.0 Å². The average Bonchev–Trinajstić information content (AvgIpc) is 2.89. The fourth-order valence-electron chi connectivity index (χ4n) is 6.42. The zero-order valence-corrected chi connectivity index (χ0v) is 12.7. The Morgan fingerprint density at radius 2 is 1.63 bits per heavy atom. The maximum atomic E-state index is 3.54. The molecule has 2 unspecified atom stereocenters. The molecular formula is C17H30N2. The van der Waals surface area contributed by atoms with Gasteiger partial charge in [-0.05, 0) is 88.6 Å². The number of nitrogens with zero attached hydrogens (tertiary/aromatic N) is 1. The van der Waals surface area contributed by atoms with Gasteiger partial charge in [0.05, 0.1) is 0 Å². The second-order valence-electron chi connectivity index (χ2n) is 8.27. The van der Waals surface area contributed by atoms with Gasteiger partial charge in [-0.25, -0.2) is 0 Å². The molecule has 0 spiro atoms. The fourth-order valence-corrected chi connectivity index (χ4v) is 6.42. The number of hydrogen-bond acceptors (Lipinski definition) is 2. The van der Waals surface area contributed by atoms with E-state index in [1.54, 1.807) is 38.5 Å². The molecule has 0 amide bonds. The van der Waals surface area contributed by atoms with Gasteiger partial charge in [-0.2, -0.15) is 0 Å². The zero-order chi connectivity index (χ0) is 13.0. The largest absolute Gasteiger partial charge is 0.315 e. The van der Waals surface area contributed by atoms with Crippen molar-refractivity contribution in [2.75, 3.05) is 20.1 Å². The molecule has 1 aliphatic heterocycles. The first-order chi connectivity index (χ1) is 9.16. The lowest BCUT2D eigenvalue weighted by molar-refractivity contribution is -0.0976. The first-order valence-corrected chi connectivity index (χ1v) is 8.59. The SMILES string of the molecule is CC(N(C)C1CCNC1)C12CC3CC(CC(C3)C1)C2. The predicted octanol–water partition coefficient (Wildman–Crippen LogP) is 2.89. The molecule has 5 fully saturated rings. The Labute approximate surface area is 118 Å². The van der Waals surface area contributed by atoms with Crippen LogP contribution in [0, 0.1) is 23.2 Å². The summed E-state index contributed by atoms with van der Waals surface area (Å²) < 4.78 is 0. The van der Waals surface area contributed by atoms with Crippen LogP contribution in [0.4, 0.5) is 0 Å². The van der Waals surface area contributed by atoms with Crippen LogP contribution in [0.15, 0.2) is 0 Å². The van der Waals surface area contributed by atoms with E-state index in [1.807, 2.05) is 0 Å². The van der Waals surface area contributed by atoms with Crippen LogP contribution >= 0.6 is 0 Å². The lowest BCUT2D eigenvalue weighted by Gasteiger charge is -2.60. The van der Waals surface area contributed by atoms with Gasteiger partial charge in [0.15, 0.2) is 0 Å². The van der Waals surface area contributed by atoms with Crippen LogP contribution in [0.1, 0.15) is 51.9 Å². The average molecular weight is 262 g/mol. The van der Waals surface area contributed by atoms with Gasteiger partial charge in [0.1, 0.15) is 0 Å². The summed E-state index contributed by atoms with van der Waals surface area (Å²) in [5.41, 5.74) is 0.687. The molecule has 19 heavy (non-hydrogen) atoms. The zero-order valence-electron chi connectivity index (χ0n) is 12.7. The van der Waals surface area contributed by atoms with Crippen molar-refractivity contribution < 1.29 is 0 Å². The van der Waals surface area contributed by atoms with E-state index in [-0.39, 0.29) is 0 Å².